The van der Waals surface area contributed by atoms with Crippen LogP contribution in [-0.4, -0.2) is 27.9 Å². The Balaban J connectivity index is 2.05. The summed E-state index contributed by atoms with van der Waals surface area (Å²) in [6.45, 7) is 11.6. The number of nitrogens with zero attached hydrogens (tertiary/aromatic N) is 2. The van der Waals surface area contributed by atoms with E-state index in [0.29, 0.717) is 24.2 Å². The summed E-state index contributed by atoms with van der Waals surface area (Å²) in [5.74, 6) is 0.361. The summed E-state index contributed by atoms with van der Waals surface area (Å²) in [6, 6.07) is 8.89. The third-order valence-electron chi connectivity index (χ3n) is 3.74. The topological polar surface area (TPSA) is 58.4 Å². The van der Waals surface area contributed by atoms with Crippen molar-refractivity contribution >= 4 is 5.91 Å². The Hall–Kier alpha value is -2.14. The van der Waals surface area contributed by atoms with Crippen LogP contribution in [0.1, 0.15) is 55.2 Å². The number of hydrogen-bond donors (Lipinski definition) is 1. The average Bonchev–Trinajstić information content (AvgIpc) is 2.94. The molecule has 24 heavy (non-hydrogen) atoms. The molecule has 0 aliphatic carbocycles. The van der Waals surface area contributed by atoms with Crippen molar-refractivity contribution in [1.29, 1.82) is 0 Å². The van der Waals surface area contributed by atoms with Crippen molar-refractivity contribution in [2.45, 2.75) is 59.8 Å². The molecule has 0 fully saturated rings. The number of rotatable bonds is 7. The van der Waals surface area contributed by atoms with Gasteiger partial charge in [-0.3, -0.25) is 9.69 Å². The fourth-order valence-electron chi connectivity index (χ4n) is 2.46. The van der Waals surface area contributed by atoms with Gasteiger partial charge >= 0.3 is 0 Å². The largest absolute Gasteiger partial charge is 0.447 e. The van der Waals surface area contributed by atoms with Crippen molar-refractivity contribution in [2.75, 3.05) is 0 Å². The molecule has 1 aromatic carbocycles. The Morgan fingerprint density at radius 3 is 2.62 bits per heavy atom. The summed E-state index contributed by atoms with van der Waals surface area (Å²) in [4.78, 5) is 18.6. The van der Waals surface area contributed by atoms with Crippen LogP contribution < -0.4 is 5.32 Å². The second-order valence-electron chi connectivity index (χ2n) is 6.74. The molecular formula is C19H27N3O2. The second-order valence-corrected chi connectivity index (χ2v) is 6.74. The van der Waals surface area contributed by atoms with E-state index >= 15 is 0 Å². The fraction of sp³-hybridized carbons (Fsp3) is 0.474. The van der Waals surface area contributed by atoms with Crippen LogP contribution in [0.4, 0.5) is 0 Å². The van der Waals surface area contributed by atoms with Gasteiger partial charge in [0.2, 0.25) is 5.89 Å². The summed E-state index contributed by atoms with van der Waals surface area (Å²) in [5.41, 5.74) is 2.84. The molecule has 2 aromatic rings. The number of aromatic nitrogens is 1. The van der Waals surface area contributed by atoms with E-state index in [9.17, 15) is 4.79 Å². The highest BCUT2D eigenvalue weighted by Crippen LogP contribution is 2.14. The molecule has 130 valence electrons. The highest BCUT2D eigenvalue weighted by Gasteiger charge is 2.17. The van der Waals surface area contributed by atoms with Crippen LogP contribution >= 0.6 is 0 Å². The first-order chi connectivity index (χ1) is 11.3. The van der Waals surface area contributed by atoms with E-state index in [1.165, 1.54) is 17.4 Å². The molecule has 0 saturated carbocycles. The number of aryl methyl sites for hydroxylation is 1. The Labute approximate surface area is 144 Å². The lowest BCUT2D eigenvalue weighted by molar-refractivity contribution is 0.0938. The summed E-state index contributed by atoms with van der Waals surface area (Å²) in [5, 5.41) is 2.82. The predicted molar refractivity (Wildman–Crippen MR) is 94.7 cm³/mol. The van der Waals surface area contributed by atoms with Crippen molar-refractivity contribution < 1.29 is 9.21 Å². The summed E-state index contributed by atoms with van der Waals surface area (Å²) >= 11 is 0. The van der Waals surface area contributed by atoms with Crippen LogP contribution in [0.3, 0.4) is 0 Å². The van der Waals surface area contributed by atoms with Gasteiger partial charge in [-0.15, -0.1) is 0 Å². The third kappa shape index (κ3) is 5.20. The first-order valence-corrected chi connectivity index (χ1v) is 8.40. The second kappa shape index (κ2) is 8.11. The molecule has 0 aliphatic rings. The standard InChI is InChI=1S/C19H27N3O2/c1-13(2)20-19(23)17-12-24-18(21-17)11-22(14(3)4)10-16-8-6-7-15(5)9-16/h6-9,12-14H,10-11H2,1-5H3,(H,20,23). The molecule has 2 rings (SSSR count). The van der Waals surface area contributed by atoms with Crippen LogP contribution in [0.5, 0.6) is 0 Å². The molecule has 0 aliphatic heterocycles. The zero-order valence-corrected chi connectivity index (χ0v) is 15.2. The Morgan fingerprint density at radius 2 is 2.00 bits per heavy atom. The van der Waals surface area contributed by atoms with Crippen molar-refractivity contribution in [3.05, 3.63) is 53.2 Å². The molecule has 0 atom stereocenters. The van der Waals surface area contributed by atoms with Gasteiger partial charge in [0, 0.05) is 18.6 Å². The van der Waals surface area contributed by atoms with Crippen molar-refractivity contribution in [1.82, 2.24) is 15.2 Å². The molecule has 0 radical (unpaired) electrons. The average molecular weight is 329 g/mol. The summed E-state index contributed by atoms with van der Waals surface area (Å²) in [6.07, 6.45) is 1.43. The van der Waals surface area contributed by atoms with Crippen LogP contribution in [-0.2, 0) is 13.1 Å². The maximum absolute atomic E-state index is 12.0. The Kier molecular flexibility index (Phi) is 6.15. The third-order valence-corrected chi connectivity index (χ3v) is 3.74. The molecule has 1 aromatic heterocycles. The van der Waals surface area contributed by atoms with E-state index in [2.05, 4.69) is 60.2 Å². The maximum Gasteiger partial charge on any atom is 0.273 e. The van der Waals surface area contributed by atoms with Gasteiger partial charge in [0.15, 0.2) is 5.69 Å². The van der Waals surface area contributed by atoms with E-state index in [4.69, 9.17) is 4.42 Å². The minimum atomic E-state index is -0.199. The zero-order chi connectivity index (χ0) is 17.7. The first kappa shape index (κ1) is 18.2. The monoisotopic (exact) mass is 329 g/mol. The number of carbonyl (C=O) groups is 1. The SMILES string of the molecule is Cc1cccc(CN(Cc2nc(C(=O)NC(C)C)co2)C(C)C)c1. The lowest BCUT2D eigenvalue weighted by atomic mass is 10.1. The number of amides is 1. The van der Waals surface area contributed by atoms with Crippen LogP contribution in [0.15, 0.2) is 34.9 Å². The highest BCUT2D eigenvalue weighted by atomic mass is 16.3. The molecule has 1 N–H and O–H groups in total. The molecule has 5 nitrogen and oxygen atoms in total. The number of benzene rings is 1. The molecule has 1 amide bonds. The molecule has 1 heterocycles. The van der Waals surface area contributed by atoms with Crippen molar-refractivity contribution in [2.24, 2.45) is 0 Å². The van der Waals surface area contributed by atoms with E-state index in [1.54, 1.807) is 0 Å². The molecule has 5 heteroatoms. The van der Waals surface area contributed by atoms with Gasteiger partial charge < -0.3 is 9.73 Å². The number of oxazole rings is 1. The van der Waals surface area contributed by atoms with Gasteiger partial charge in [0.1, 0.15) is 6.26 Å². The minimum Gasteiger partial charge on any atom is -0.447 e. The van der Waals surface area contributed by atoms with E-state index in [-0.39, 0.29) is 11.9 Å². The Morgan fingerprint density at radius 1 is 1.25 bits per heavy atom. The van der Waals surface area contributed by atoms with Crippen LogP contribution in [0.2, 0.25) is 0 Å². The van der Waals surface area contributed by atoms with Gasteiger partial charge in [-0.25, -0.2) is 4.98 Å². The lowest BCUT2D eigenvalue weighted by Crippen LogP contribution is -2.31. The maximum atomic E-state index is 12.0. The molecular weight excluding hydrogens is 302 g/mol. The summed E-state index contributed by atoms with van der Waals surface area (Å²) in [7, 11) is 0. The van der Waals surface area contributed by atoms with Gasteiger partial charge in [0.05, 0.1) is 6.54 Å². The van der Waals surface area contributed by atoms with Crippen LogP contribution in [0, 0.1) is 6.92 Å². The zero-order valence-electron chi connectivity index (χ0n) is 15.2. The first-order valence-electron chi connectivity index (χ1n) is 8.40. The number of hydrogen-bond acceptors (Lipinski definition) is 4. The highest BCUT2D eigenvalue weighted by molar-refractivity contribution is 5.92. The number of nitrogens with one attached hydrogen (secondary N) is 1. The van der Waals surface area contributed by atoms with Crippen molar-refractivity contribution in [3.63, 3.8) is 0 Å². The lowest BCUT2D eigenvalue weighted by Gasteiger charge is -2.25. The van der Waals surface area contributed by atoms with Gasteiger partial charge in [-0.1, -0.05) is 29.8 Å². The van der Waals surface area contributed by atoms with Gasteiger partial charge in [-0.05, 0) is 40.2 Å². The molecule has 0 spiro atoms. The van der Waals surface area contributed by atoms with E-state index in [1.807, 2.05) is 13.8 Å². The number of carbonyl (C=O) groups excluding carboxylic acids is 1. The minimum absolute atomic E-state index is 0.0751. The fourth-order valence-corrected chi connectivity index (χ4v) is 2.46. The normalized spacial score (nSPS) is 11.5. The van der Waals surface area contributed by atoms with E-state index < -0.39 is 0 Å². The van der Waals surface area contributed by atoms with Crippen molar-refractivity contribution in [3.8, 4) is 0 Å². The van der Waals surface area contributed by atoms with Gasteiger partial charge in [-0.2, -0.15) is 0 Å². The van der Waals surface area contributed by atoms with E-state index in [0.717, 1.165) is 6.54 Å². The predicted octanol–water partition coefficient (Wildman–Crippen LogP) is 3.53. The summed E-state index contributed by atoms with van der Waals surface area (Å²) < 4.78 is 5.50. The molecule has 0 saturated heterocycles. The Bertz CT molecular complexity index is 677. The van der Waals surface area contributed by atoms with Gasteiger partial charge in [0.25, 0.3) is 5.91 Å². The smallest absolute Gasteiger partial charge is 0.273 e. The quantitative estimate of drug-likeness (QED) is 0.844. The molecule has 0 unspecified atom stereocenters. The van der Waals surface area contributed by atoms with Crippen LogP contribution in [0.25, 0.3) is 0 Å². The molecule has 0 bridgehead atoms.